The highest BCUT2D eigenvalue weighted by atomic mass is 19.3. The number of nitrogens with one attached hydrogen (secondary N) is 1. The van der Waals surface area contributed by atoms with E-state index in [1.165, 1.54) is 18.2 Å². The Morgan fingerprint density at radius 3 is 2.57 bits per heavy atom. The summed E-state index contributed by atoms with van der Waals surface area (Å²) < 4.78 is 23.5. The molecule has 0 aliphatic rings. The van der Waals surface area contributed by atoms with Gasteiger partial charge in [-0.15, -0.1) is 0 Å². The van der Waals surface area contributed by atoms with Crippen LogP contribution < -0.4 is 5.32 Å². The summed E-state index contributed by atoms with van der Waals surface area (Å²) in [5, 5.41) is 20.7. The second kappa shape index (κ2) is 4.76. The summed E-state index contributed by atoms with van der Waals surface area (Å²) in [5.41, 5.74) is 0.475. The van der Waals surface area contributed by atoms with E-state index in [1.807, 2.05) is 0 Å². The Kier molecular flexibility index (Phi) is 3.64. The molecule has 1 aromatic rings. The Bertz CT molecular complexity index is 305. The van der Waals surface area contributed by atoms with E-state index < -0.39 is 13.0 Å². The number of hydrogen-bond donors (Lipinski definition) is 3. The first-order valence-electron chi connectivity index (χ1n) is 4.09. The van der Waals surface area contributed by atoms with Crippen molar-refractivity contribution in [1.29, 1.82) is 0 Å². The van der Waals surface area contributed by atoms with Crippen LogP contribution in [0.25, 0.3) is 0 Å². The fourth-order valence-electron chi connectivity index (χ4n) is 1.02. The van der Waals surface area contributed by atoms with Gasteiger partial charge in [0.2, 0.25) is 0 Å². The van der Waals surface area contributed by atoms with Crippen LogP contribution in [0.2, 0.25) is 0 Å². The molecule has 0 aliphatic heterocycles. The van der Waals surface area contributed by atoms with Crippen LogP contribution in [0.4, 0.5) is 8.78 Å². The number of phenolic OH excluding ortho intramolecular Hbond substituents is 2. The zero-order valence-electron chi connectivity index (χ0n) is 7.37. The smallest absolute Gasteiger partial charge is 0.250 e. The van der Waals surface area contributed by atoms with Crippen LogP contribution in [0, 0.1) is 0 Å². The molecule has 1 aromatic carbocycles. The molecular weight excluding hydrogens is 192 g/mol. The van der Waals surface area contributed by atoms with Crippen molar-refractivity contribution in [2.75, 3.05) is 6.54 Å². The molecule has 0 atom stereocenters. The maximum atomic E-state index is 11.7. The van der Waals surface area contributed by atoms with Gasteiger partial charge in [-0.05, 0) is 6.07 Å². The highest BCUT2D eigenvalue weighted by Crippen LogP contribution is 2.22. The normalized spacial score (nSPS) is 10.8. The third kappa shape index (κ3) is 3.18. The minimum absolute atomic E-state index is 0.0555. The summed E-state index contributed by atoms with van der Waals surface area (Å²) >= 11 is 0. The number of phenols is 2. The minimum Gasteiger partial charge on any atom is -0.508 e. The number of aromatic hydroxyl groups is 2. The Balaban J connectivity index is 2.51. The van der Waals surface area contributed by atoms with E-state index in [0.29, 0.717) is 5.56 Å². The van der Waals surface area contributed by atoms with E-state index in [9.17, 15) is 13.9 Å². The molecule has 3 N–H and O–H groups in total. The average Bonchev–Trinajstić information content (AvgIpc) is 2.08. The lowest BCUT2D eigenvalue weighted by atomic mass is 10.2. The van der Waals surface area contributed by atoms with Gasteiger partial charge in [-0.2, -0.15) is 0 Å². The van der Waals surface area contributed by atoms with E-state index in [4.69, 9.17) is 5.11 Å². The van der Waals surface area contributed by atoms with Crippen LogP contribution in [-0.4, -0.2) is 23.2 Å². The molecule has 0 radical (unpaired) electrons. The van der Waals surface area contributed by atoms with Crippen LogP contribution in [0.3, 0.4) is 0 Å². The molecule has 0 fully saturated rings. The Hall–Kier alpha value is -1.36. The van der Waals surface area contributed by atoms with Gasteiger partial charge in [0.25, 0.3) is 6.43 Å². The standard InChI is InChI=1S/C9H11F2NO2/c10-9(11)5-12-4-6-1-2-7(13)3-8(6)14/h1-3,9,12-14H,4-5H2. The minimum atomic E-state index is -2.41. The SMILES string of the molecule is Oc1ccc(CNCC(F)F)c(O)c1. The quantitative estimate of drug-likeness (QED) is 0.694. The van der Waals surface area contributed by atoms with E-state index in [0.717, 1.165) is 0 Å². The van der Waals surface area contributed by atoms with Crippen LogP contribution in [-0.2, 0) is 6.54 Å². The highest BCUT2D eigenvalue weighted by Gasteiger charge is 2.04. The molecule has 0 amide bonds. The van der Waals surface area contributed by atoms with Crippen molar-refractivity contribution >= 4 is 0 Å². The second-order valence-electron chi connectivity index (χ2n) is 2.84. The first kappa shape index (κ1) is 10.7. The van der Waals surface area contributed by atoms with E-state index in [1.54, 1.807) is 0 Å². The van der Waals surface area contributed by atoms with Crippen LogP contribution >= 0.6 is 0 Å². The van der Waals surface area contributed by atoms with Gasteiger partial charge in [-0.25, -0.2) is 8.78 Å². The molecule has 78 valence electrons. The van der Waals surface area contributed by atoms with Crippen LogP contribution in [0.5, 0.6) is 11.5 Å². The summed E-state index contributed by atoms with van der Waals surface area (Å²) in [6.07, 6.45) is -2.41. The Morgan fingerprint density at radius 1 is 1.29 bits per heavy atom. The molecule has 0 saturated carbocycles. The van der Waals surface area contributed by atoms with Crippen LogP contribution in [0.15, 0.2) is 18.2 Å². The van der Waals surface area contributed by atoms with E-state index in [-0.39, 0.29) is 18.0 Å². The molecule has 14 heavy (non-hydrogen) atoms. The lowest BCUT2D eigenvalue weighted by molar-refractivity contribution is 0.145. The van der Waals surface area contributed by atoms with Gasteiger partial charge in [0.15, 0.2) is 0 Å². The molecule has 5 heteroatoms. The van der Waals surface area contributed by atoms with Crippen molar-refractivity contribution in [3.05, 3.63) is 23.8 Å². The maximum absolute atomic E-state index is 11.7. The molecule has 0 spiro atoms. The topological polar surface area (TPSA) is 52.5 Å². The predicted molar refractivity (Wildman–Crippen MR) is 47.5 cm³/mol. The number of halogens is 2. The van der Waals surface area contributed by atoms with Gasteiger partial charge in [0.05, 0.1) is 6.54 Å². The van der Waals surface area contributed by atoms with Gasteiger partial charge < -0.3 is 15.5 Å². The summed E-state index contributed by atoms with van der Waals surface area (Å²) in [4.78, 5) is 0. The van der Waals surface area contributed by atoms with Gasteiger partial charge >= 0.3 is 0 Å². The highest BCUT2D eigenvalue weighted by molar-refractivity contribution is 5.38. The number of benzene rings is 1. The zero-order chi connectivity index (χ0) is 10.6. The Morgan fingerprint density at radius 2 is 2.00 bits per heavy atom. The largest absolute Gasteiger partial charge is 0.508 e. The molecule has 1 rings (SSSR count). The van der Waals surface area contributed by atoms with Crippen LogP contribution in [0.1, 0.15) is 5.56 Å². The third-order valence-electron chi connectivity index (χ3n) is 1.68. The summed E-state index contributed by atoms with van der Waals surface area (Å²) in [6, 6.07) is 4.03. The van der Waals surface area contributed by atoms with Gasteiger partial charge in [0.1, 0.15) is 11.5 Å². The molecule has 0 saturated heterocycles. The van der Waals surface area contributed by atoms with Gasteiger partial charge in [0, 0.05) is 18.2 Å². The van der Waals surface area contributed by atoms with Crippen molar-refractivity contribution in [3.63, 3.8) is 0 Å². The molecule has 3 nitrogen and oxygen atoms in total. The third-order valence-corrected chi connectivity index (χ3v) is 1.68. The summed E-state index contributed by atoms with van der Waals surface area (Å²) in [7, 11) is 0. The van der Waals surface area contributed by atoms with Gasteiger partial charge in [-0.1, -0.05) is 6.07 Å². The predicted octanol–water partition coefficient (Wildman–Crippen LogP) is 1.45. The fraction of sp³-hybridized carbons (Fsp3) is 0.333. The molecular formula is C9H11F2NO2. The van der Waals surface area contributed by atoms with Crippen molar-refractivity contribution in [2.45, 2.75) is 13.0 Å². The lowest BCUT2D eigenvalue weighted by Crippen LogP contribution is -2.20. The molecule has 0 bridgehead atoms. The maximum Gasteiger partial charge on any atom is 0.250 e. The van der Waals surface area contributed by atoms with Crippen molar-refractivity contribution in [2.24, 2.45) is 0 Å². The monoisotopic (exact) mass is 203 g/mol. The first-order chi connectivity index (χ1) is 6.59. The van der Waals surface area contributed by atoms with E-state index in [2.05, 4.69) is 5.32 Å². The molecule has 0 heterocycles. The summed E-state index contributed by atoms with van der Waals surface area (Å²) in [6.45, 7) is -0.267. The fourth-order valence-corrected chi connectivity index (χ4v) is 1.02. The molecule has 0 aromatic heterocycles. The van der Waals surface area contributed by atoms with Gasteiger partial charge in [-0.3, -0.25) is 0 Å². The molecule has 0 aliphatic carbocycles. The number of hydrogen-bond acceptors (Lipinski definition) is 3. The summed E-state index contributed by atoms with van der Waals surface area (Å²) in [5.74, 6) is -0.160. The zero-order valence-corrected chi connectivity index (χ0v) is 7.37. The van der Waals surface area contributed by atoms with E-state index >= 15 is 0 Å². The van der Waals surface area contributed by atoms with Crippen molar-refractivity contribution in [3.8, 4) is 11.5 Å². The Labute approximate surface area is 80.0 Å². The number of rotatable bonds is 4. The molecule has 0 unspecified atom stereocenters. The first-order valence-corrected chi connectivity index (χ1v) is 4.09. The average molecular weight is 203 g/mol. The van der Waals surface area contributed by atoms with Crippen molar-refractivity contribution in [1.82, 2.24) is 5.32 Å². The lowest BCUT2D eigenvalue weighted by Gasteiger charge is -2.06. The number of alkyl halides is 2. The van der Waals surface area contributed by atoms with Crippen molar-refractivity contribution < 1.29 is 19.0 Å². The second-order valence-corrected chi connectivity index (χ2v) is 2.84.